The Hall–Kier alpha value is -6.99. The predicted octanol–water partition coefficient (Wildman–Crippen LogP) is 2.80. The van der Waals surface area contributed by atoms with E-state index in [1.54, 1.807) is 48.5 Å². The normalized spacial score (nSPS) is 12.3. The largest absolute Gasteiger partial charge is 0.370 e. The first kappa shape index (κ1) is 39.2. The Bertz CT molecular complexity index is 2080. The van der Waals surface area contributed by atoms with Gasteiger partial charge in [0.25, 0.3) is 0 Å². The van der Waals surface area contributed by atoms with Gasteiger partial charge in [-0.25, -0.2) is 9.98 Å². The maximum atomic E-state index is 14.2. The Balaban J connectivity index is 1.37. The summed E-state index contributed by atoms with van der Waals surface area (Å²) in [6, 6.07) is 38.0. The molecule has 0 bridgehead atoms. The molecule has 0 unspecified atom stereocenters. The van der Waals surface area contributed by atoms with Crippen molar-refractivity contribution >= 4 is 41.0 Å². The zero-order valence-corrected chi connectivity index (χ0v) is 30.3. The van der Waals surface area contributed by atoms with Crippen molar-refractivity contribution in [2.24, 2.45) is 38.7 Å². The number of carbonyl (C=O) groups excluding carboxylic acids is 3. The average molecular weight is 739 g/mol. The molecule has 13 N–H and O–H groups in total. The van der Waals surface area contributed by atoms with Crippen LogP contribution in [0.25, 0.3) is 11.1 Å². The summed E-state index contributed by atoms with van der Waals surface area (Å²) in [5, 5.41) is 8.71. The monoisotopic (exact) mass is 738 g/mol. The molecule has 5 rings (SSSR count). The van der Waals surface area contributed by atoms with E-state index in [2.05, 4.69) is 25.9 Å². The second-order valence-corrected chi connectivity index (χ2v) is 13.0. The van der Waals surface area contributed by atoms with Crippen LogP contribution < -0.4 is 44.6 Å². The smallest absolute Gasteiger partial charge is 0.243 e. The third-order valence-electron chi connectivity index (χ3n) is 8.70. The van der Waals surface area contributed by atoms with Gasteiger partial charge in [0.05, 0.1) is 17.4 Å². The third kappa shape index (κ3) is 12.3. The number of nitrogens with one attached hydrogen (secondary N) is 3. The molecule has 5 aromatic carbocycles. The van der Waals surface area contributed by atoms with E-state index in [4.69, 9.17) is 28.7 Å². The highest BCUT2D eigenvalue weighted by Gasteiger charge is 2.29. The van der Waals surface area contributed by atoms with Crippen molar-refractivity contribution in [3.05, 3.63) is 156 Å². The Morgan fingerprint density at radius 2 is 0.891 bits per heavy atom. The molecule has 3 atom stereocenters. The summed E-state index contributed by atoms with van der Waals surface area (Å²) in [6.07, 6.45) is 0.475. The molecule has 0 aliphatic heterocycles. The lowest BCUT2D eigenvalue weighted by atomic mass is 9.99. The number of rotatable bonds is 16. The van der Waals surface area contributed by atoms with E-state index in [1.165, 1.54) is 0 Å². The van der Waals surface area contributed by atoms with E-state index in [-0.39, 0.29) is 37.7 Å². The molecule has 0 radical (unpaired) electrons. The SMILES string of the molecule is NC(N)=Nc1ccc(C[C@H](NC(=O)[C@H](Cc2ccc(-c3ccccc3)cc2)NC(=O)[C@@H](N)Cc2ccc(N=C(N)N)cc2)C(=O)NCc2ccccc2)cc1. The number of nitrogens with zero attached hydrogens (tertiary/aromatic N) is 2. The lowest BCUT2D eigenvalue weighted by molar-refractivity contribution is -0.132. The van der Waals surface area contributed by atoms with Crippen LogP contribution in [-0.2, 0) is 40.2 Å². The summed E-state index contributed by atoms with van der Waals surface area (Å²) in [5.74, 6) is -1.63. The highest BCUT2D eigenvalue weighted by Crippen LogP contribution is 2.20. The van der Waals surface area contributed by atoms with E-state index in [0.717, 1.165) is 33.4 Å². The molecule has 0 fully saturated rings. The van der Waals surface area contributed by atoms with Crippen LogP contribution in [0.15, 0.2) is 143 Å². The summed E-state index contributed by atoms with van der Waals surface area (Å²) >= 11 is 0. The highest BCUT2D eigenvalue weighted by atomic mass is 16.2. The van der Waals surface area contributed by atoms with Gasteiger partial charge in [-0.3, -0.25) is 14.4 Å². The number of amides is 3. The fourth-order valence-corrected chi connectivity index (χ4v) is 5.87. The van der Waals surface area contributed by atoms with E-state index in [0.29, 0.717) is 11.4 Å². The molecule has 0 aromatic heterocycles. The fourth-order valence-electron chi connectivity index (χ4n) is 5.87. The number of carbonyl (C=O) groups is 3. The van der Waals surface area contributed by atoms with Crippen molar-refractivity contribution < 1.29 is 14.4 Å². The van der Waals surface area contributed by atoms with E-state index in [1.807, 2.05) is 84.9 Å². The molecule has 0 saturated carbocycles. The second kappa shape index (κ2) is 19.2. The van der Waals surface area contributed by atoms with E-state index < -0.39 is 35.8 Å². The van der Waals surface area contributed by atoms with Crippen molar-refractivity contribution in [2.45, 2.75) is 43.9 Å². The molecular formula is C42H46N10O3. The molecule has 5 aromatic rings. The molecule has 13 nitrogen and oxygen atoms in total. The van der Waals surface area contributed by atoms with Gasteiger partial charge in [0.15, 0.2) is 11.9 Å². The van der Waals surface area contributed by atoms with Gasteiger partial charge in [0.2, 0.25) is 17.7 Å². The van der Waals surface area contributed by atoms with Gasteiger partial charge < -0.3 is 44.6 Å². The van der Waals surface area contributed by atoms with Gasteiger partial charge >= 0.3 is 0 Å². The van der Waals surface area contributed by atoms with Crippen molar-refractivity contribution in [3.8, 4) is 11.1 Å². The first-order chi connectivity index (χ1) is 26.5. The fraction of sp³-hybridized carbons (Fsp3) is 0.167. The number of hydrogen-bond acceptors (Lipinski definition) is 6. The number of guanidine groups is 2. The molecule has 55 heavy (non-hydrogen) atoms. The lowest BCUT2D eigenvalue weighted by Crippen LogP contribution is -2.57. The second-order valence-electron chi connectivity index (χ2n) is 13.0. The van der Waals surface area contributed by atoms with Gasteiger partial charge in [-0.2, -0.15) is 0 Å². The molecule has 3 amide bonds. The Kier molecular flexibility index (Phi) is 13.7. The highest BCUT2D eigenvalue weighted by molar-refractivity contribution is 5.93. The Morgan fingerprint density at radius 3 is 1.40 bits per heavy atom. The van der Waals surface area contributed by atoms with Crippen molar-refractivity contribution in [2.75, 3.05) is 0 Å². The summed E-state index contributed by atoms with van der Waals surface area (Å²) < 4.78 is 0. The topological polar surface area (TPSA) is 242 Å². The number of hydrogen-bond donors (Lipinski definition) is 8. The molecule has 0 heterocycles. The van der Waals surface area contributed by atoms with Gasteiger partial charge in [-0.05, 0) is 64.1 Å². The van der Waals surface area contributed by atoms with Crippen molar-refractivity contribution in [1.82, 2.24) is 16.0 Å². The first-order valence-electron chi connectivity index (χ1n) is 17.7. The minimum absolute atomic E-state index is 0.0699. The van der Waals surface area contributed by atoms with Crippen molar-refractivity contribution in [1.29, 1.82) is 0 Å². The summed E-state index contributed by atoms with van der Waals surface area (Å²) in [5.41, 5.74) is 34.7. The number of aliphatic imine (C=N–C) groups is 2. The predicted molar refractivity (Wildman–Crippen MR) is 217 cm³/mol. The minimum atomic E-state index is -1.07. The summed E-state index contributed by atoms with van der Waals surface area (Å²) in [7, 11) is 0. The molecule has 0 saturated heterocycles. The molecule has 0 aliphatic carbocycles. The Morgan fingerprint density at radius 1 is 0.473 bits per heavy atom. The number of benzene rings is 5. The molecule has 0 aliphatic rings. The quantitative estimate of drug-likeness (QED) is 0.0552. The van der Waals surface area contributed by atoms with Crippen molar-refractivity contribution in [3.63, 3.8) is 0 Å². The lowest BCUT2D eigenvalue weighted by Gasteiger charge is -2.25. The van der Waals surface area contributed by atoms with Crippen LogP contribution in [0.4, 0.5) is 11.4 Å². The summed E-state index contributed by atoms with van der Waals surface area (Å²) in [4.78, 5) is 49.6. The zero-order chi connectivity index (χ0) is 39.2. The van der Waals surface area contributed by atoms with E-state index >= 15 is 0 Å². The molecule has 13 heteroatoms. The average Bonchev–Trinajstić information content (AvgIpc) is 3.18. The molecule has 282 valence electrons. The van der Waals surface area contributed by atoms with Crippen LogP contribution in [0.3, 0.4) is 0 Å². The molecule has 0 spiro atoms. The van der Waals surface area contributed by atoms with Crippen LogP contribution in [-0.4, -0.2) is 47.8 Å². The third-order valence-corrected chi connectivity index (χ3v) is 8.70. The maximum absolute atomic E-state index is 14.2. The van der Waals surface area contributed by atoms with Gasteiger partial charge in [0.1, 0.15) is 12.1 Å². The van der Waals surface area contributed by atoms with Crippen LogP contribution in [0.5, 0.6) is 0 Å². The van der Waals surface area contributed by atoms with Gasteiger partial charge in [-0.15, -0.1) is 0 Å². The Labute approximate surface area is 320 Å². The maximum Gasteiger partial charge on any atom is 0.243 e. The van der Waals surface area contributed by atoms with Crippen LogP contribution in [0, 0.1) is 0 Å². The molecular weight excluding hydrogens is 693 g/mol. The van der Waals surface area contributed by atoms with Crippen LogP contribution in [0.1, 0.15) is 22.3 Å². The zero-order valence-electron chi connectivity index (χ0n) is 30.3. The van der Waals surface area contributed by atoms with Gasteiger partial charge in [-0.1, -0.05) is 109 Å². The van der Waals surface area contributed by atoms with E-state index in [9.17, 15) is 14.4 Å². The minimum Gasteiger partial charge on any atom is -0.370 e. The summed E-state index contributed by atoms with van der Waals surface area (Å²) in [6.45, 7) is 0.255. The van der Waals surface area contributed by atoms with Crippen LogP contribution >= 0.6 is 0 Å². The standard InChI is InChI=1S/C42H46N10O3/c43-35(23-27-13-19-33(20-14-27)49-41(44)45)38(53)51-37(25-28-11-17-32(18-12-28)31-9-5-2-6-10-31)40(55)52-36(39(54)48-26-30-7-3-1-4-8-30)24-29-15-21-34(22-16-29)50-42(46)47/h1-22,35-37H,23-26,43H2,(H,48,54)(H,51,53)(H,52,55)(H4,44,45,49)(H4,46,47,50)/t35-,36-,37-/m0/s1. The van der Waals surface area contributed by atoms with Crippen LogP contribution in [0.2, 0.25) is 0 Å². The first-order valence-corrected chi connectivity index (χ1v) is 17.7. The van der Waals surface area contributed by atoms with Gasteiger partial charge in [0, 0.05) is 19.4 Å². The number of nitrogens with two attached hydrogens (primary N) is 5.